The average Bonchev–Trinajstić information content (AvgIpc) is 2.48. The van der Waals surface area contributed by atoms with Crippen molar-refractivity contribution in [3.63, 3.8) is 0 Å². The highest BCUT2D eigenvalue weighted by Gasteiger charge is 2.12. The number of thioether (sulfide) groups is 1. The molecule has 116 valence electrons. The first-order valence-electron chi connectivity index (χ1n) is 6.33. The van der Waals surface area contributed by atoms with Gasteiger partial charge in [0.15, 0.2) is 5.96 Å². The smallest absolute Gasteiger partial charge is 0.246 e. The van der Waals surface area contributed by atoms with E-state index < -0.39 is 0 Å². The molecule has 0 unspecified atom stereocenters. The Balaban J connectivity index is 0.00000220. The number of hydrogen-bond donors (Lipinski definition) is 2. The zero-order chi connectivity index (χ0) is 14.4. The largest absolute Gasteiger partial charge is 0.370 e. The molecule has 1 fully saturated rings. The van der Waals surface area contributed by atoms with Crippen LogP contribution in [0.5, 0.6) is 0 Å². The van der Waals surface area contributed by atoms with Gasteiger partial charge in [-0.2, -0.15) is 11.8 Å². The van der Waals surface area contributed by atoms with E-state index in [1.54, 1.807) is 0 Å². The first-order valence-corrected chi connectivity index (χ1v) is 7.48. The summed E-state index contributed by atoms with van der Waals surface area (Å²) < 4.78 is 12.7. The molecule has 1 heterocycles. The molecule has 5 nitrogen and oxygen atoms in total. The van der Waals surface area contributed by atoms with E-state index in [-0.39, 0.29) is 42.2 Å². The minimum atomic E-state index is -0.340. The van der Waals surface area contributed by atoms with Crippen LogP contribution in [0.15, 0.2) is 29.3 Å². The number of carbonyl (C=O) groups is 1. The number of anilines is 1. The summed E-state index contributed by atoms with van der Waals surface area (Å²) in [7, 11) is 0. The quantitative estimate of drug-likeness (QED) is 0.441. The molecule has 21 heavy (non-hydrogen) atoms. The highest BCUT2D eigenvalue weighted by atomic mass is 127. The van der Waals surface area contributed by atoms with Crippen LogP contribution in [0, 0.1) is 5.82 Å². The number of nitrogens with two attached hydrogens (primary N) is 1. The van der Waals surface area contributed by atoms with E-state index in [1.807, 2.05) is 16.7 Å². The number of hydrogen-bond acceptors (Lipinski definition) is 3. The second-order valence-corrected chi connectivity index (χ2v) is 5.55. The number of benzene rings is 1. The Kier molecular flexibility index (Phi) is 7.79. The molecule has 3 N–H and O–H groups in total. The van der Waals surface area contributed by atoms with E-state index in [0.29, 0.717) is 11.6 Å². The van der Waals surface area contributed by atoms with Gasteiger partial charge in [-0.15, -0.1) is 24.0 Å². The molecule has 0 bridgehead atoms. The Morgan fingerprint density at radius 1 is 1.33 bits per heavy atom. The molecule has 1 aliphatic heterocycles. The van der Waals surface area contributed by atoms with Gasteiger partial charge < -0.3 is 16.0 Å². The van der Waals surface area contributed by atoms with Gasteiger partial charge in [-0.25, -0.2) is 9.38 Å². The van der Waals surface area contributed by atoms with Gasteiger partial charge in [0, 0.05) is 30.3 Å². The maximum atomic E-state index is 12.7. The van der Waals surface area contributed by atoms with Crippen LogP contribution in [0.3, 0.4) is 0 Å². The van der Waals surface area contributed by atoms with Crippen LogP contribution in [0.2, 0.25) is 0 Å². The first kappa shape index (κ1) is 18.0. The van der Waals surface area contributed by atoms with Crippen molar-refractivity contribution in [1.29, 1.82) is 0 Å². The number of nitrogens with zero attached hydrogens (tertiary/aromatic N) is 2. The number of nitrogens with one attached hydrogen (secondary N) is 1. The first-order chi connectivity index (χ1) is 9.65. The third-order valence-electron chi connectivity index (χ3n) is 2.85. The number of halogens is 2. The molecule has 1 saturated heterocycles. The number of guanidine groups is 1. The Morgan fingerprint density at radius 2 is 1.95 bits per heavy atom. The molecule has 1 aliphatic rings. The average molecular weight is 424 g/mol. The highest BCUT2D eigenvalue weighted by molar-refractivity contribution is 14.0. The van der Waals surface area contributed by atoms with Gasteiger partial charge >= 0.3 is 0 Å². The van der Waals surface area contributed by atoms with Crippen LogP contribution in [-0.2, 0) is 4.79 Å². The topological polar surface area (TPSA) is 70.7 Å². The van der Waals surface area contributed by atoms with E-state index >= 15 is 0 Å². The van der Waals surface area contributed by atoms with Gasteiger partial charge in [-0.05, 0) is 24.3 Å². The van der Waals surface area contributed by atoms with Crippen molar-refractivity contribution in [1.82, 2.24) is 4.90 Å². The van der Waals surface area contributed by atoms with Crippen LogP contribution in [0.4, 0.5) is 10.1 Å². The van der Waals surface area contributed by atoms with Gasteiger partial charge in [0.1, 0.15) is 12.4 Å². The lowest BCUT2D eigenvalue weighted by Crippen LogP contribution is -2.43. The van der Waals surface area contributed by atoms with Crippen molar-refractivity contribution < 1.29 is 9.18 Å². The van der Waals surface area contributed by atoms with Gasteiger partial charge in [-0.1, -0.05) is 0 Å². The van der Waals surface area contributed by atoms with E-state index in [2.05, 4.69) is 10.3 Å². The van der Waals surface area contributed by atoms with Gasteiger partial charge in [-0.3, -0.25) is 4.79 Å². The van der Waals surface area contributed by atoms with Crippen LogP contribution < -0.4 is 11.1 Å². The summed E-state index contributed by atoms with van der Waals surface area (Å²) in [4.78, 5) is 17.8. The number of carbonyl (C=O) groups excluding carboxylic acids is 1. The Morgan fingerprint density at radius 3 is 2.57 bits per heavy atom. The maximum absolute atomic E-state index is 12.7. The lowest BCUT2D eigenvalue weighted by Gasteiger charge is -2.27. The Bertz CT molecular complexity index is 491. The summed E-state index contributed by atoms with van der Waals surface area (Å²) in [5.74, 6) is 1.84. The monoisotopic (exact) mass is 424 g/mol. The normalized spacial score (nSPS) is 15.3. The van der Waals surface area contributed by atoms with Crippen molar-refractivity contribution in [3.05, 3.63) is 30.1 Å². The fraction of sp³-hybridized carbons (Fsp3) is 0.385. The summed E-state index contributed by atoms with van der Waals surface area (Å²) in [5, 5.41) is 2.64. The summed E-state index contributed by atoms with van der Waals surface area (Å²) in [5.41, 5.74) is 6.39. The molecule has 0 atom stereocenters. The third kappa shape index (κ3) is 6.08. The van der Waals surface area contributed by atoms with E-state index in [4.69, 9.17) is 5.73 Å². The summed E-state index contributed by atoms with van der Waals surface area (Å²) in [6.07, 6.45) is 0. The standard InChI is InChI=1S/C13H17FN4OS.HI/c14-10-1-3-11(4-2-10)17-12(19)9-16-13(15)18-5-7-20-8-6-18;/h1-4H,5-9H2,(H2,15,16)(H,17,19);1H. The lowest BCUT2D eigenvalue weighted by molar-refractivity contribution is -0.114. The molecule has 0 spiro atoms. The molecule has 0 radical (unpaired) electrons. The van der Waals surface area contributed by atoms with E-state index in [0.717, 1.165) is 24.6 Å². The van der Waals surface area contributed by atoms with Gasteiger partial charge in [0.05, 0.1) is 0 Å². The van der Waals surface area contributed by atoms with Gasteiger partial charge in [0.2, 0.25) is 5.91 Å². The summed E-state index contributed by atoms with van der Waals surface area (Å²) in [6, 6.07) is 5.58. The zero-order valence-corrected chi connectivity index (χ0v) is 14.6. The second kappa shape index (κ2) is 9.08. The minimum absolute atomic E-state index is 0. The van der Waals surface area contributed by atoms with Crippen LogP contribution in [0.25, 0.3) is 0 Å². The molecule has 0 aromatic heterocycles. The summed E-state index contributed by atoms with van der Waals surface area (Å²) >= 11 is 1.88. The van der Waals surface area contributed by atoms with E-state index in [9.17, 15) is 9.18 Å². The molecule has 1 aromatic carbocycles. The van der Waals surface area contributed by atoms with Crippen molar-refractivity contribution in [3.8, 4) is 0 Å². The maximum Gasteiger partial charge on any atom is 0.246 e. The predicted octanol–water partition coefficient (Wildman–Crippen LogP) is 1.75. The van der Waals surface area contributed by atoms with Crippen molar-refractivity contribution in [2.24, 2.45) is 10.7 Å². The third-order valence-corrected chi connectivity index (χ3v) is 3.79. The molecule has 1 aromatic rings. The minimum Gasteiger partial charge on any atom is -0.370 e. The number of amides is 1. The zero-order valence-electron chi connectivity index (χ0n) is 11.4. The Labute approximate surface area is 144 Å². The second-order valence-electron chi connectivity index (χ2n) is 4.33. The van der Waals surface area contributed by atoms with Crippen LogP contribution in [0.1, 0.15) is 0 Å². The molecular formula is C13H18FIN4OS. The molecule has 2 rings (SSSR count). The van der Waals surface area contributed by atoms with Crippen LogP contribution >= 0.6 is 35.7 Å². The molecule has 0 saturated carbocycles. The predicted molar refractivity (Wildman–Crippen MR) is 95.8 cm³/mol. The number of aliphatic imine (C=N–C) groups is 1. The van der Waals surface area contributed by atoms with E-state index in [1.165, 1.54) is 24.3 Å². The number of rotatable bonds is 3. The molecule has 0 aliphatic carbocycles. The molecular weight excluding hydrogens is 406 g/mol. The molecule has 1 amide bonds. The van der Waals surface area contributed by atoms with Gasteiger partial charge in [0.25, 0.3) is 0 Å². The van der Waals surface area contributed by atoms with Crippen molar-refractivity contribution in [2.45, 2.75) is 0 Å². The van der Waals surface area contributed by atoms with Crippen LogP contribution in [-0.4, -0.2) is 47.9 Å². The summed E-state index contributed by atoms with van der Waals surface area (Å²) in [6.45, 7) is 1.69. The molecule has 8 heteroatoms. The Hall–Kier alpha value is -1.03. The SMILES string of the molecule is I.NC(=NCC(=O)Nc1ccc(F)cc1)N1CCSCC1. The van der Waals surface area contributed by atoms with Crippen molar-refractivity contribution in [2.75, 3.05) is 36.5 Å². The highest BCUT2D eigenvalue weighted by Crippen LogP contribution is 2.09. The fourth-order valence-electron chi connectivity index (χ4n) is 1.78. The van der Waals surface area contributed by atoms with Crippen molar-refractivity contribution >= 4 is 53.3 Å². The fourth-order valence-corrected chi connectivity index (χ4v) is 2.68. The lowest BCUT2D eigenvalue weighted by atomic mass is 10.3.